The molecule has 2 aromatic carbocycles. The molecule has 0 aliphatic carbocycles. The Kier molecular flexibility index (Phi) is 4.11. The average molecular weight is 351 g/mol. The van der Waals surface area contributed by atoms with Crippen LogP contribution >= 0.6 is 11.3 Å². The number of nitrogens with zero attached hydrogens (tertiary/aromatic N) is 1. The van der Waals surface area contributed by atoms with Crippen LogP contribution in [-0.2, 0) is 11.2 Å². The molecule has 0 spiro atoms. The first-order valence-electron chi connectivity index (χ1n) is 8.10. The summed E-state index contributed by atoms with van der Waals surface area (Å²) >= 11 is 1.55. The van der Waals surface area contributed by atoms with Gasteiger partial charge < -0.3 is 15.4 Å². The molecule has 0 unspecified atom stereocenters. The normalized spacial score (nSPS) is 12.6. The van der Waals surface area contributed by atoms with Gasteiger partial charge in [0.25, 0.3) is 0 Å². The van der Waals surface area contributed by atoms with Crippen LogP contribution in [0.1, 0.15) is 12.5 Å². The van der Waals surface area contributed by atoms with E-state index in [1.807, 2.05) is 54.8 Å². The van der Waals surface area contributed by atoms with Crippen LogP contribution < -0.4 is 15.4 Å². The average Bonchev–Trinajstić information content (AvgIpc) is 3.21. The summed E-state index contributed by atoms with van der Waals surface area (Å²) in [7, 11) is 0. The Morgan fingerprint density at radius 3 is 2.88 bits per heavy atom. The largest absolute Gasteiger partial charge is 0.494 e. The zero-order chi connectivity index (χ0) is 17.2. The molecular weight excluding hydrogens is 334 g/mol. The second-order valence-electron chi connectivity index (χ2n) is 5.72. The zero-order valence-corrected chi connectivity index (χ0v) is 14.5. The van der Waals surface area contributed by atoms with Gasteiger partial charge in [-0.3, -0.25) is 4.79 Å². The molecule has 0 radical (unpaired) electrons. The quantitative estimate of drug-likeness (QED) is 0.713. The zero-order valence-electron chi connectivity index (χ0n) is 13.7. The Labute approximate surface area is 149 Å². The molecule has 2 heterocycles. The van der Waals surface area contributed by atoms with Gasteiger partial charge in [-0.25, -0.2) is 4.98 Å². The van der Waals surface area contributed by atoms with Crippen LogP contribution in [0.4, 0.5) is 16.5 Å². The summed E-state index contributed by atoms with van der Waals surface area (Å²) in [5.41, 5.74) is 4.81. The maximum atomic E-state index is 11.5. The van der Waals surface area contributed by atoms with Crippen molar-refractivity contribution in [3.63, 3.8) is 0 Å². The van der Waals surface area contributed by atoms with Crippen LogP contribution in [-0.4, -0.2) is 17.5 Å². The van der Waals surface area contributed by atoms with Crippen molar-refractivity contribution in [2.24, 2.45) is 0 Å². The molecule has 5 nitrogen and oxygen atoms in total. The van der Waals surface area contributed by atoms with E-state index in [-0.39, 0.29) is 5.91 Å². The molecule has 1 aliphatic rings. The number of fused-ring (bicyclic) bond motifs is 1. The number of carbonyl (C=O) groups excluding carboxylic acids is 1. The van der Waals surface area contributed by atoms with Gasteiger partial charge >= 0.3 is 0 Å². The highest BCUT2D eigenvalue weighted by molar-refractivity contribution is 7.14. The van der Waals surface area contributed by atoms with Crippen molar-refractivity contribution in [3.05, 3.63) is 53.4 Å². The van der Waals surface area contributed by atoms with E-state index < -0.39 is 0 Å². The van der Waals surface area contributed by atoms with Crippen LogP contribution in [0.25, 0.3) is 11.3 Å². The van der Waals surface area contributed by atoms with E-state index >= 15 is 0 Å². The third kappa shape index (κ3) is 3.34. The number of amides is 1. The summed E-state index contributed by atoms with van der Waals surface area (Å²) in [5.74, 6) is 0.900. The Morgan fingerprint density at radius 2 is 2.08 bits per heavy atom. The molecule has 0 bridgehead atoms. The van der Waals surface area contributed by atoms with Crippen LogP contribution in [0, 0.1) is 0 Å². The first-order valence-corrected chi connectivity index (χ1v) is 8.98. The molecule has 3 aromatic rings. The maximum absolute atomic E-state index is 11.5. The molecule has 126 valence electrons. The minimum absolute atomic E-state index is 0.0447. The van der Waals surface area contributed by atoms with Crippen molar-refractivity contribution in [1.82, 2.24) is 4.98 Å². The molecule has 0 atom stereocenters. The molecule has 1 aliphatic heterocycles. The summed E-state index contributed by atoms with van der Waals surface area (Å²) in [6.45, 7) is 2.62. The summed E-state index contributed by atoms with van der Waals surface area (Å²) in [6, 6.07) is 13.8. The standard InChI is InChI=1S/C19H17N3O2S/c1-2-24-15-6-4-14(5-7-15)20-19-22-17(11-25-19)12-3-8-16-13(9-12)10-18(23)21-16/h3-9,11H,2,10H2,1H3,(H,20,22)(H,21,23). The van der Waals surface area contributed by atoms with Crippen molar-refractivity contribution in [2.45, 2.75) is 13.3 Å². The second kappa shape index (κ2) is 6.57. The Morgan fingerprint density at radius 1 is 1.24 bits per heavy atom. The summed E-state index contributed by atoms with van der Waals surface area (Å²) in [6.07, 6.45) is 0.435. The molecule has 1 aromatic heterocycles. The minimum atomic E-state index is 0.0447. The van der Waals surface area contributed by atoms with Crippen molar-refractivity contribution in [1.29, 1.82) is 0 Å². The van der Waals surface area contributed by atoms with Gasteiger partial charge in [0.15, 0.2) is 5.13 Å². The predicted molar refractivity (Wildman–Crippen MR) is 101 cm³/mol. The third-order valence-electron chi connectivity index (χ3n) is 3.95. The second-order valence-corrected chi connectivity index (χ2v) is 6.58. The number of ether oxygens (including phenoxy) is 1. The van der Waals surface area contributed by atoms with Gasteiger partial charge in [0.1, 0.15) is 5.75 Å². The highest BCUT2D eigenvalue weighted by Crippen LogP contribution is 2.31. The first-order chi connectivity index (χ1) is 12.2. The Hall–Kier alpha value is -2.86. The highest BCUT2D eigenvalue weighted by Gasteiger charge is 2.18. The number of anilines is 3. The molecule has 6 heteroatoms. The molecular formula is C19H17N3O2S. The lowest BCUT2D eigenvalue weighted by Gasteiger charge is -2.05. The molecule has 4 rings (SSSR count). The monoisotopic (exact) mass is 351 g/mol. The van der Waals surface area contributed by atoms with Crippen LogP contribution in [0.2, 0.25) is 0 Å². The van der Waals surface area contributed by atoms with Crippen molar-refractivity contribution in [3.8, 4) is 17.0 Å². The van der Waals surface area contributed by atoms with E-state index in [1.165, 1.54) is 0 Å². The number of aromatic nitrogens is 1. The first kappa shape index (κ1) is 15.7. The van der Waals surface area contributed by atoms with Gasteiger partial charge in [0.2, 0.25) is 5.91 Å². The lowest BCUT2D eigenvalue weighted by Crippen LogP contribution is -2.03. The smallest absolute Gasteiger partial charge is 0.228 e. The fourth-order valence-electron chi connectivity index (χ4n) is 2.78. The molecule has 25 heavy (non-hydrogen) atoms. The molecule has 0 saturated carbocycles. The summed E-state index contributed by atoms with van der Waals surface area (Å²) in [5, 5.41) is 9.00. The fraction of sp³-hybridized carbons (Fsp3) is 0.158. The lowest BCUT2D eigenvalue weighted by molar-refractivity contribution is -0.115. The number of thiazole rings is 1. The van der Waals surface area contributed by atoms with E-state index in [4.69, 9.17) is 4.74 Å². The summed E-state index contributed by atoms with van der Waals surface area (Å²) in [4.78, 5) is 16.1. The number of carbonyl (C=O) groups is 1. The van der Waals surface area contributed by atoms with Gasteiger partial charge in [-0.1, -0.05) is 6.07 Å². The number of benzene rings is 2. The highest BCUT2D eigenvalue weighted by atomic mass is 32.1. The van der Waals surface area contributed by atoms with Crippen LogP contribution in [0.5, 0.6) is 5.75 Å². The number of hydrogen-bond donors (Lipinski definition) is 2. The van der Waals surface area contributed by atoms with Gasteiger partial charge in [0.05, 0.1) is 18.7 Å². The number of rotatable bonds is 5. The lowest BCUT2D eigenvalue weighted by atomic mass is 10.1. The van der Waals surface area contributed by atoms with E-state index in [0.717, 1.165) is 39.1 Å². The van der Waals surface area contributed by atoms with Crippen molar-refractivity contribution in [2.75, 3.05) is 17.2 Å². The van der Waals surface area contributed by atoms with E-state index in [1.54, 1.807) is 11.3 Å². The SMILES string of the molecule is CCOc1ccc(Nc2nc(-c3ccc4c(c3)CC(=O)N4)cs2)cc1. The Bertz CT molecular complexity index is 919. The molecule has 0 saturated heterocycles. The topological polar surface area (TPSA) is 63.2 Å². The van der Waals surface area contributed by atoms with E-state index in [9.17, 15) is 4.79 Å². The number of nitrogens with one attached hydrogen (secondary N) is 2. The van der Waals surface area contributed by atoms with Gasteiger partial charge in [0, 0.05) is 22.3 Å². The minimum Gasteiger partial charge on any atom is -0.494 e. The maximum Gasteiger partial charge on any atom is 0.228 e. The number of hydrogen-bond acceptors (Lipinski definition) is 5. The van der Waals surface area contributed by atoms with E-state index in [0.29, 0.717) is 13.0 Å². The van der Waals surface area contributed by atoms with Crippen LogP contribution in [0.3, 0.4) is 0 Å². The predicted octanol–water partition coefficient (Wildman–Crippen LogP) is 4.45. The third-order valence-corrected chi connectivity index (χ3v) is 4.70. The van der Waals surface area contributed by atoms with Gasteiger partial charge in [-0.05, 0) is 48.9 Å². The fourth-order valence-corrected chi connectivity index (χ4v) is 3.52. The molecule has 1 amide bonds. The van der Waals surface area contributed by atoms with Crippen LogP contribution in [0.15, 0.2) is 47.8 Å². The molecule has 0 fully saturated rings. The van der Waals surface area contributed by atoms with Gasteiger partial charge in [-0.2, -0.15) is 0 Å². The van der Waals surface area contributed by atoms with E-state index in [2.05, 4.69) is 15.6 Å². The van der Waals surface area contributed by atoms with Crippen molar-refractivity contribution < 1.29 is 9.53 Å². The molecule has 2 N–H and O–H groups in total. The van der Waals surface area contributed by atoms with Crippen molar-refractivity contribution >= 4 is 33.8 Å². The van der Waals surface area contributed by atoms with Gasteiger partial charge in [-0.15, -0.1) is 11.3 Å². The summed E-state index contributed by atoms with van der Waals surface area (Å²) < 4.78 is 5.45. The Balaban J connectivity index is 1.50.